The first-order chi connectivity index (χ1) is 10.2. The monoisotopic (exact) mass is 283 g/mol. The predicted octanol–water partition coefficient (Wildman–Crippen LogP) is 3.72. The smallest absolute Gasteiger partial charge is 0.136 e. The lowest BCUT2D eigenvalue weighted by Gasteiger charge is -2.24. The van der Waals surface area contributed by atoms with Crippen molar-refractivity contribution in [1.82, 2.24) is 10.3 Å². The maximum Gasteiger partial charge on any atom is 0.136 e. The van der Waals surface area contributed by atoms with Crippen molar-refractivity contribution < 1.29 is 0 Å². The first-order valence-corrected chi connectivity index (χ1v) is 8.07. The second-order valence-electron chi connectivity index (χ2n) is 6.21. The van der Waals surface area contributed by atoms with E-state index in [-0.39, 0.29) is 0 Å². The van der Waals surface area contributed by atoms with Gasteiger partial charge >= 0.3 is 0 Å². The molecule has 1 heterocycles. The average molecular weight is 283 g/mol. The highest BCUT2D eigenvalue weighted by molar-refractivity contribution is 5.94. The molecule has 112 valence electrons. The van der Waals surface area contributed by atoms with Gasteiger partial charge in [0.1, 0.15) is 5.82 Å². The number of hydrogen-bond acceptors (Lipinski definition) is 3. The van der Waals surface area contributed by atoms with Crippen LogP contribution < -0.4 is 10.2 Å². The topological polar surface area (TPSA) is 28.2 Å². The Bertz CT molecular complexity index is 617. The Morgan fingerprint density at radius 3 is 2.57 bits per heavy atom. The molecule has 3 nitrogen and oxygen atoms in total. The largest absolute Gasteiger partial charge is 0.353 e. The van der Waals surface area contributed by atoms with Crippen LogP contribution in [-0.4, -0.2) is 23.6 Å². The van der Waals surface area contributed by atoms with Crippen molar-refractivity contribution in [2.75, 3.05) is 11.4 Å². The Morgan fingerprint density at radius 2 is 1.95 bits per heavy atom. The zero-order valence-corrected chi connectivity index (χ0v) is 13.3. The molecule has 0 saturated heterocycles. The molecular formula is C18H25N3. The van der Waals surface area contributed by atoms with Crippen LogP contribution in [0.5, 0.6) is 0 Å². The average Bonchev–Trinajstić information content (AvgIpc) is 3.31. The number of aromatic nitrogens is 1. The molecule has 1 aliphatic rings. The van der Waals surface area contributed by atoms with E-state index in [2.05, 4.69) is 61.5 Å². The van der Waals surface area contributed by atoms with Gasteiger partial charge in [-0.2, -0.15) is 0 Å². The van der Waals surface area contributed by atoms with Crippen LogP contribution in [0.15, 0.2) is 30.5 Å². The molecule has 3 heteroatoms. The van der Waals surface area contributed by atoms with Gasteiger partial charge in [-0.3, -0.25) is 0 Å². The zero-order chi connectivity index (χ0) is 14.8. The minimum absolute atomic E-state index is 0.488. The van der Waals surface area contributed by atoms with E-state index in [1.807, 2.05) is 0 Å². The molecule has 21 heavy (non-hydrogen) atoms. The summed E-state index contributed by atoms with van der Waals surface area (Å²) in [7, 11) is 0. The van der Waals surface area contributed by atoms with Crippen molar-refractivity contribution in [2.45, 2.75) is 52.2 Å². The molecule has 1 N–H and O–H groups in total. The molecule has 0 atom stereocenters. The van der Waals surface area contributed by atoms with Crippen LogP contribution in [0, 0.1) is 0 Å². The summed E-state index contributed by atoms with van der Waals surface area (Å²) in [4.78, 5) is 7.26. The summed E-state index contributed by atoms with van der Waals surface area (Å²) in [5.74, 6) is 1.16. The van der Waals surface area contributed by atoms with E-state index in [0.717, 1.165) is 18.9 Å². The van der Waals surface area contributed by atoms with E-state index in [4.69, 9.17) is 4.98 Å². The molecule has 1 aromatic carbocycles. The molecule has 0 aliphatic heterocycles. The molecule has 2 aromatic rings. The fourth-order valence-corrected chi connectivity index (χ4v) is 2.89. The molecular weight excluding hydrogens is 258 g/mol. The second-order valence-corrected chi connectivity index (χ2v) is 6.21. The molecule has 3 rings (SSSR count). The van der Waals surface area contributed by atoms with Crippen LogP contribution in [0.1, 0.15) is 39.2 Å². The summed E-state index contributed by atoms with van der Waals surface area (Å²) < 4.78 is 0. The van der Waals surface area contributed by atoms with Crippen molar-refractivity contribution in [3.63, 3.8) is 0 Å². The first-order valence-electron chi connectivity index (χ1n) is 8.07. The number of rotatable bonds is 6. The third-order valence-corrected chi connectivity index (χ3v) is 4.16. The van der Waals surface area contributed by atoms with Gasteiger partial charge in [-0.15, -0.1) is 0 Å². The van der Waals surface area contributed by atoms with Gasteiger partial charge in [-0.1, -0.05) is 38.1 Å². The predicted molar refractivity (Wildman–Crippen MR) is 89.8 cm³/mol. The third-order valence-electron chi connectivity index (χ3n) is 4.16. The number of benzene rings is 1. The highest BCUT2D eigenvalue weighted by atomic mass is 15.2. The van der Waals surface area contributed by atoms with Gasteiger partial charge in [0.15, 0.2) is 0 Å². The van der Waals surface area contributed by atoms with Crippen molar-refractivity contribution >= 4 is 16.6 Å². The van der Waals surface area contributed by atoms with Crippen LogP contribution in [0.2, 0.25) is 0 Å². The molecule has 1 fully saturated rings. The Kier molecular flexibility index (Phi) is 4.11. The lowest BCUT2D eigenvalue weighted by atomic mass is 10.1. The molecule has 0 amide bonds. The summed E-state index contributed by atoms with van der Waals surface area (Å²) in [6, 6.07) is 9.86. The van der Waals surface area contributed by atoms with Crippen molar-refractivity contribution in [3.05, 3.63) is 36.0 Å². The van der Waals surface area contributed by atoms with Gasteiger partial charge in [-0.25, -0.2) is 4.98 Å². The molecule has 1 aliphatic carbocycles. The summed E-state index contributed by atoms with van der Waals surface area (Å²) in [5, 5.41) is 6.11. The van der Waals surface area contributed by atoms with E-state index in [1.54, 1.807) is 0 Å². The van der Waals surface area contributed by atoms with Gasteiger partial charge in [-0.05, 0) is 30.7 Å². The molecule has 1 aromatic heterocycles. The second kappa shape index (κ2) is 6.02. The van der Waals surface area contributed by atoms with Crippen molar-refractivity contribution in [1.29, 1.82) is 0 Å². The van der Waals surface area contributed by atoms with E-state index >= 15 is 0 Å². The van der Waals surface area contributed by atoms with Gasteiger partial charge in [0.2, 0.25) is 0 Å². The fourth-order valence-electron chi connectivity index (χ4n) is 2.89. The molecule has 0 spiro atoms. The van der Waals surface area contributed by atoms with Gasteiger partial charge < -0.3 is 10.2 Å². The van der Waals surface area contributed by atoms with Gasteiger partial charge in [0.05, 0.1) is 0 Å². The number of hydrogen-bond donors (Lipinski definition) is 1. The minimum Gasteiger partial charge on any atom is -0.353 e. The van der Waals surface area contributed by atoms with Crippen LogP contribution in [0.4, 0.5) is 5.82 Å². The number of anilines is 1. The lowest BCUT2D eigenvalue weighted by Crippen LogP contribution is -2.27. The molecule has 0 radical (unpaired) electrons. The van der Waals surface area contributed by atoms with Gasteiger partial charge in [0, 0.05) is 36.8 Å². The van der Waals surface area contributed by atoms with Crippen molar-refractivity contribution in [2.24, 2.45) is 0 Å². The highest BCUT2D eigenvalue weighted by Gasteiger charge is 2.29. The fraction of sp³-hybridized carbons (Fsp3) is 0.500. The third kappa shape index (κ3) is 3.03. The maximum atomic E-state index is 4.80. The quantitative estimate of drug-likeness (QED) is 0.875. The Morgan fingerprint density at radius 1 is 1.24 bits per heavy atom. The highest BCUT2D eigenvalue weighted by Crippen LogP contribution is 2.35. The van der Waals surface area contributed by atoms with Gasteiger partial charge in [0.25, 0.3) is 0 Å². The number of nitrogens with zero attached hydrogens (tertiary/aromatic N) is 2. The summed E-state index contributed by atoms with van der Waals surface area (Å²) >= 11 is 0. The Labute approximate surface area is 127 Å². The molecule has 0 bridgehead atoms. The summed E-state index contributed by atoms with van der Waals surface area (Å²) in [6.07, 6.45) is 4.67. The Hall–Kier alpha value is -1.61. The van der Waals surface area contributed by atoms with E-state index < -0.39 is 0 Å². The van der Waals surface area contributed by atoms with Crippen LogP contribution >= 0.6 is 0 Å². The van der Waals surface area contributed by atoms with E-state index in [0.29, 0.717) is 12.1 Å². The number of nitrogens with one attached hydrogen (secondary N) is 1. The summed E-state index contributed by atoms with van der Waals surface area (Å²) in [5.41, 5.74) is 1.29. The minimum atomic E-state index is 0.488. The zero-order valence-electron chi connectivity index (χ0n) is 13.3. The van der Waals surface area contributed by atoms with Crippen LogP contribution in [-0.2, 0) is 6.54 Å². The van der Waals surface area contributed by atoms with Crippen LogP contribution in [0.3, 0.4) is 0 Å². The normalized spacial score (nSPS) is 14.9. The van der Waals surface area contributed by atoms with Crippen LogP contribution in [0.25, 0.3) is 10.8 Å². The lowest BCUT2D eigenvalue weighted by molar-refractivity contribution is 0.590. The first kappa shape index (κ1) is 14.3. The number of pyridine rings is 1. The molecule has 0 unspecified atom stereocenters. The van der Waals surface area contributed by atoms with E-state index in [1.165, 1.54) is 29.2 Å². The Balaban J connectivity index is 2.01. The molecule has 1 saturated carbocycles. The standard InChI is InChI=1S/C18H25N3/c1-4-21(15-9-10-15)18-17-8-6-5-7-16(17)14(12-20-18)11-19-13(2)3/h5-8,12-13,15,19H,4,9-11H2,1-3H3. The number of fused-ring (bicyclic) bond motifs is 1. The maximum absolute atomic E-state index is 4.80. The SMILES string of the molecule is CCN(c1ncc(CNC(C)C)c2ccccc12)C1CC1. The van der Waals surface area contributed by atoms with E-state index in [9.17, 15) is 0 Å². The summed E-state index contributed by atoms with van der Waals surface area (Å²) in [6.45, 7) is 8.49. The van der Waals surface area contributed by atoms with Crippen molar-refractivity contribution in [3.8, 4) is 0 Å².